The third-order valence-corrected chi connectivity index (χ3v) is 3.91. The number of nitrogens with zero attached hydrogens (tertiary/aromatic N) is 1. The van der Waals surface area contributed by atoms with Crippen molar-refractivity contribution in [3.63, 3.8) is 0 Å². The lowest BCUT2D eigenvalue weighted by Gasteiger charge is -2.14. The molecule has 1 aliphatic heterocycles. The zero-order valence-corrected chi connectivity index (χ0v) is 14.2. The third-order valence-electron chi connectivity index (χ3n) is 3.91. The Labute approximate surface area is 152 Å². The highest BCUT2D eigenvalue weighted by molar-refractivity contribution is 5.91. The molecule has 0 radical (unpaired) electrons. The zero-order valence-electron chi connectivity index (χ0n) is 14.2. The topological polar surface area (TPSA) is 121 Å². The maximum atomic E-state index is 14.5. The number of hydrogen-bond donors (Lipinski definition) is 3. The number of amides is 3. The van der Waals surface area contributed by atoms with Crippen LogP contribution in [-0.4, -0.2) is 42.3 Å². The SMILES string of the molecule is CC(=O)NC[C@H]1CN(c2ccc(-c3ccc(C(=O)NO)o3)c(F)c2)C(=O)O1. The molecule has 1 aromatic heterocycles. The number of cyclic esters (lactones) is 1. The first-order valence-corrected chi connectivity index (χ1v) is 7.96. The van der Waals surface area contributed by atoms with Crippen molar-refractivity contribution in [3.8, 4) is 11.3 Å². The molecule has 10 heteroatoms. The van der Waals surface area contributed by atoms with Crippen LogP contribution in [0.2, 0.25) is 0 Å². The van der Waals surface area contributed by atoms with E-state index in [4.69, 9.17) is 14.4 Å². The van der Waals surface area contributed by atoms with Crippen LogP contribution >= 0.6 is 0 Å². The molecule has 3 rings (SSSR count). The first-order chi connectivity index (χ1) is 12.9. The van der Waals surface area contributed by atoms with Gasteiger partial charge in [0, 0.05) is 6.92 Å². The van der Waals surface area contributed by atoms with E-state index < -0.39 is 23.9 Å². The van der Waals surface area contributed by atoms with Crippen LogP contribution < -0.4 is 15.7 Å². The van der Waals surface area contributed by atoms with Crippen molar-refractivity contribution in [1.29, 1.82) is 0 Å². The fourth-order valence-electron chi connectivity index (χ4n) is 2.63. The largest absolute Gasteiger partial charge is 0.451 e. The molecule has 2 aromatic rings. The molecule has 0 unspecified atom stereocenters. The Hall–Kier alpha value is -3.40. The number of hydrogen-bond acceptors (Lipinski definition) is 6. The van der Waals surface area contributed by atoms with Gasteiger partial charge < -0.3 is 14.5 Å². The van der Waals surface area contributed by atoms with Gasteiger partial charge in [0.25, 0.3) is 0 Å². The van der Waals surface area contributed by atoms with Crippen molar-refractivity contribution in [3.05, 3.63) is 41.9 Å². The molecule has 1 fully saturated rings. The maximum Gasteiger partial charge on any atom is 0.414 e. The van der Waals surface area contributed by atoms with Gasteiger partial charge in [0.1, 0.15) is 17.7 Å². The second-order valence-electron chi connectivity index (χ2n) is 5.82. The second kappa shape index (κ2) is 7.46. The van der Waals surface area contributed by atoms with E-state index in [1.807, 2.05) is 0 Å². The molecule has 0 aliphatic carbocycles. The van der Waals surface area contributed by atoms with E-state index in [2.05, 4.69) is 5.32 Å². The van der Waals surface area contributed by atoms with Gasteiger partial charge in [-0.15, -0.1) is 0 Å². The lowest BCUT2D eigenvalue weighted by atomic mass is 10.1. The van der Waals surface area contributed by atoms with E-state index in [1.54, 1.807) is 0 Å². The highest BCUT2D eigenvalue weighted by Crippen LogP contribution is 2.30. The van der Waals surface area contributed by atoms with Crippen molar-refractivity contribution in [1.82, 2.24) is 10.8 Å². The highest BCUT2D eigenvalue weighted by Gasteiger charge is 2.32. The number of carbonyl (C=O) groups excluding carboxylic acids is 3. The fourth-order valence-corrected chi connectivity index (χ4v) is 2.63. The lowest BCUT2D eigenvalue weighted by molar-refractivity contribution is -0.119. The predicted molar refractivity (Wildman–Crippen MR) is 89.7 cm³/mol. The molecule has 3 N–H and O–H groups in total. The van der Waals surface area contributed by atoms with Crippen molar-refractivity contribution in [2.45, 2.75) is 13.0 Å². The number of nitrogens with one attached hydrogen (secondary N) is 2. The Morgan fingerprint density at radius 2 is 2.11 bits per heavy atom. The normalized spacial score (nSPS) is 16.2. The lowest BCUT2D eigenvalue weighted by Crippen LogP contribution is -2.33. The Balaban J connectivity index is 1.77. The summed E-state index contributed by atoms with van der Waals surface area (Å²) in [7, 11) is 0. The number of anilines is 1. The number of ether oxygens (including phenoxy) is 1. The van der Waals surface area contributed by atoms with Crippen LogP contribution in [0.1, 0.15) is 17.5 Å². The molecular weight excluding hydrogens is 361 g/mol. The molecule has 2 heterocycles. The number of furan rings is 1. The number of rotatable bonds is 5. The van der Waals surface area contributed by atoms with Crippen LogP contribution in [0.25, 0.3) is 11.3 Å². The van der Waals surface area contributed by atoms with Gasteiger partial charge in [-0.05, 0) is 30.3 Å². The van der Waals surface area contributed by atoms with Gasteiger partial charge in [-0.2, -0.15) is 0 Å². The quantitative estimate of drug-likeness (QED) is 0.538. The number of halogens is 1. The summed E-state index contributed by atoms with van der Waals surface area (Å²) in [6.45, 7) is 1.69. The van der Waals surface area contributed by atoms with Crippen molar-refractivity contribution >= 4 is 23.6 Å². The molecule has 1 aliphatic rings. The first kappa shape index (κ1) is 18.4. The van der Waals surface area contributed by atoms with Crippen LogP contribution in [0, 0.1) is 5.82 Å². The van der Waals surface area contributed by atoms with E-state index >= 15 is 0 Å². The first-order valence-electron chi connectivity index (χ1n) is 7.96. The van der Waals surface area contributed by atoms with Gasteiger partial charge in [0.15, 0.2) is 5.76 Å². The Morgan fingerprint density at radius 3 is 2.78 bits per heavy atom. The summed E-state index contributed by atoms with van der Waals surface area (Å²) >= 11 is 0. The summed E-state index contributed by atoms with van der Waals surface area (Å²) in [4.78, 5) is 35.5. The Kier molecular flexibility index (Phi) is 5.08. The molecule has 0 saturated carbocycles. The van der Waals surface area contributed by atoms with Crippen molar-refractivity contribution in [2.24, 2.45) is 0 Å². The third kappa shape index (κ3) is 3.90. The van der Waals surface area contributed by atoms with Gasteiger partial charge in [0.2, 0.25) is 5.91 Å². The summed E-state index contributed by atoms with van der Waals surface area (Å²) in [6, 6.07) is 6.73. The van der Waals surface area contributed by atoms with Crippen LogP contribution in [0.4, 0.5) is 14.9 Å². The van der Waals surface area contributed by atoms with Crippen molar-refractivity contribution in [2.75, 3.05) is 18.0 Å². The summed E-state index contributed by atoms with van der Waals surface area (Å²) in [5, 5.41) is 11.1. The molecule has 27 heavy (non-hydrogen) atoms. The van der Waals surface area contributed by atoms with Crippen LogP contribution in [0.3, 0.4) is 0 Å². The minimum Gasteiger partial charge on any atom is -0.451 e. The molecule has 9 nitrogen and oxygen atoms in total. The van der Waals surface area contributed by atoms with Crippen LogP contribution in [0.15, 0.2) is 34.7 Å². The molecule has 3 amide bonds. The van der Waals surface area contributed by atoms with E-state index in [9.17, 15) is 18.8 Å². The second-order valence-corrected chi connectivity index (χ2v) is 5.82. The minimum atomic E-state index is -0.858. The summed E-state index contributed by atoms with van der Waals surface area (Å²) in [6.07, 6.45) is -1.17. The monoisotopic (exact) mass is 377 g/mol. The molecule has 0 spiro atoms. The average Bonchev–Trinajstić information content (AvgIpc) is 3.26. The molecule has 1 aromatic carbocycles. The molecule has 1 atom stereocenters. The fraction of sp³-hybridized carbons (Fsp3) is 0.235. The molecule has 0 bridgehead atoms. The molecule has 142 valence electrons. The van der Waals surface area contributed by atoms with E-state index in [0.29, 0.717) is 0 Å². The minimum absolute atomic E-state index is 0.0816. The van der Waals surface area contributed by atoms with Gasteiger partial charge in [-0.3, -0.25) is 19.7 Å². The van der Waals surface area contributed by atoms with Crippen LogP contribution in [-0.2, 0) is 9.53 Å². The zero-order chi connectivity index (χ0) is 19.6. The van der Waals surface area contributed by atoms with E-state index in [0.717, 1.165) is 6.07 Å². The number of hydroxylamine groups is 1. The smallest absolute Gasteiger partial charge is 0.414 e. The van der Waals surface area contributed by atoms with Gasteiger partial charge in [0.05, 0.1) is 24.3 Å². The average molecular weight is 377 g/mol. The number of carbonyl (C=O) groups is 3. The summed E-state index contributed by atoms with van der Waals surface area (Å²) in [5.74, 6) is -1.86. The number of benzene rings is 1. The maximum absolute atomic E-state index is 14.5. The summed E-state index contributed by atoms with van der Waals surface area (Å²) < 4.78 is 24.9. The van der Waals surface area contributed by atoms with Crippen LogP contribution in [0.5, 0.6) is 0 Å². The summed E-state index contributed by atoms with van der Waals surface area (Å²) in [5.41, 5.74) is 1.79. The highest BCUT2D eigenvalue weighted by atomic mass is 19.1. The standard InChI is InChI=1S/C17H16FN3O6/c1-9(22)19-7-11-8-21(17(24)26-11)10-2-3-12(13(18)6-10)14-4-5-15(27-14)16(23)20-25/h2-6,11,25H,7-8H2,1H3,(H,19,22)(H,20,23)/t11-/m0/s1. The van der Waals surface area contributed by atoms with Gasteiger partial charge in [-0.1, -0.05) is 0 Å². The molecule has 1 saturated heterocycles. The van der Waals surface area contributed by atoms with Gasteiger partial charge in [-0.25, -0.2) is 14.7 Å². The molecular formula is C17H16FN3O6. The van der Waals surface area contributed by atoms with Crippen molar-refractivity contribution < 1.29 is 33.1 Å². The Morgan fingerprint density at radius 1 is 1.33 bits per heavy atom. The van der Waals surface area contributed by atoms with Gasteiger partial charge >= 0.3 is 12.0 Å². The van der Waals surface area contributed by atoms with E-state index in [-0.39, 0.29) is 41.8 Å². The Bertz CT molecular complexity index is 897. The predicted octanol–water partition coefficient (Wildman–Crippen LogP) is 1.67. The van der Waals surface area contributed by atoms with E-state index in [1.165, 1.54) is 41.6 Å².